The maximum Gasteiger partial charge on any atom is 0.161 e. The molecule has 8 heteroatoms. The van der Waals surface area contributed by atoms with Crippen molar-refractivity contribution in [1.82, 2.24) is 10.3 Å². The lowest BCUT2D eigenvalue weighted by Gasteiger charge is -2.36. The molecule has 1 aromatic heterocycles. The van der Waals surface area contributed by atoms with Gasteiger partial charge in [-0.25, -0.2) is 4.98 Å². The lowest BCUT2D eigenvalue weighted by Crippen LogP contribution is -2.46. The van der Waals surface area contributed by atoms with Gasteiger partial charge in [-0.3, -0.25) is 0 Å². The first kappa shape index (κ1) is 21.5. The van der Waals surface area contributed by atoms with E-state index in [0.717, 1.165) is 46.7 Å². The zero-order chi connectivity index (χ0) is 22.7. The highest BCUT2D eigenvalue weighted by atomic mass is 16.5. The van der Waals surface area contributed by atoms with Crippen molar-refractivity contribution in [3.63, 3.8) is 0 Å². The fourth-order valence-electron chi connectivity index (χ4n) is 4.15. The summed E-state index contributed by atoms with van der Waals surface area (Å²) in [5.41, 5.74) is 1.54. The fraction of sp³-hybridized carbons (Fsp3) is 0.333. The van der Waals surface area contributed by atoms with Gasteiger partial charge in [-0.2, -0.15) is 5.26 Å². The molecule has 2 heterocycles. The molecule has 1 saturated heterocycles. The van der Waals surface area contributed by atoms with Gasteiger partial charge in [0.1, 0.15) is 23.4 Å². The van der Waals surface area contributed by atoms with Crippen molar-refractivity contribution in [3.8, 4) is 29.1 Å². The van der Waals surface area contributed by atoms with Gasteiger partial charge in [-0.1, -0.05) is 0 Å². The summed E-state index contributed by atoms with van der Waals surface area (Å²) in [6.07, 6.45) is 1.62. The number of nitriles is 1. The first-order chi connectivity index (χ1) is 15.6. The molecule has 0 aliphatic carbocycles. The molecular weight excluding hydrogens is 408 g/mol. The second kappa shape index (κ2) is 9.20. The van der Waals surface area contributed by atoms with Gasteiger partial charge < -0.3 is 29.2 Å². The Morgan fingerprint density at radius 2 is 1.69 bits per heavy atom. The van der Waals surface area contributed by atoms with E-state index in [1.165, 1.54) is 0 Å². The number of fused-ring (bicyclic) bond motifs is 1. The third-order valence-electron chi connectivity index (χ3n) is 5.78. The predicted molar refractivity (Wildman–Crippen MR) is 122 cm³/mol. The quantitative estimate of drug-likeness (QED) is 0.632. The van der Waals surface area contributed by atoms with Gasteiger partial charge in [-0.15, -0.1) is 0 Å². The number of ether oxygens (including phenoxy) is 4. The number of piperazine rings is 1. The van der Waals surface area contributed by atoms with Gasteiger partial charge in [0.25, 0.3) is 0 Å². The Hall–Kier alpha value is -3.70. The van der Waals surface area contributed by atoms with Gasteiger partial charge in [0.05, 0.1) is 40.0 Å². The summed E-state index contributed by atoms with van der Waals surface area (Å²) in [5, 5.41) is 14.8. The minimum atomic E-state index is 0.0391. The van der Waals surface area contributed by atoms with E-state index in [1.54, 1.807) is 34.6 Å². The van der Waals surface area contributed by atoms with Crippen LogP contribution < -0.4 is 29.2 Å². The molecule has 166 valence electrons. The molecule has 2 aromatic carbocycles. The summed E-state index contributed by atoms with van der Waals surface area (Å²) in [6, 6.07) is 11.9. The highest BCUT2D eigenvalue weighted by Gasteiger charge is 2.26. The normalized spacial score (nSPS) is 15.8. The molecular formula is C24H26N4O4. The van der Waals surface area contributed by atoms with E-state index in [-0.39, 0.29) is 6.04 Å². The van der Waals surface area contributed by atoms with Crippen molar-refractivity contribution in [2.24, 2.45) is 0 Å². The Morgan fingerprint density at radius 3 is 2.34 bits per heavy atom. The van der Waals surface area contributed by atoms with E-state index >= 15 is 0 Å². The minimum absolute atomic E-state index is 0.0391. The van der Waals surface area contributed by atoms with Gasteiger partial charge >= 0.3 is 0 Å². The second-order valence-electron chi connectivity index (χ2n) is 7.42. The molecule has 0 amide bonds. The zero-order valence-corrected chi connectivity index (χ0v) is 18.6. The van der Waals surface area contributed by atoms with E-state index in [9.17, 15) is 5.26 Å². The topological polar surface area (TPSA) is 88.9 Å². The van der Waals surface area contributed by atoms with Crippen molar-refractivity contribution in [2.45, 2.75) is 6.04 Å². The van der Waals surface area contributed by atoms with Crippen molar-refractivity contribution in [1.29, 1.82) is 5.26 Å². The zero-order valence-electron chi connectivity index (χ0n) is 18.6. The number of hydrogen-bond donors (Lipinski definition) is 1. The molecule has 0 bridgehead atoms. The third kappa shape index (κ3) is 3.83. The number of anilines is 1. The van der Waals surface area contributed by atoms with Gasteiger partial charge in [-0.05, 0) is 24.3 Å². The molecule has 4 rings (SSSR count). The van der Waals surface area contributed by atoms with Gasteiger partial charge in [0.2, 0.25) is 0 Å². The number of nitrogens with one attached hydrogen (secondary N) is 1. The average molecular weight is 434 g/mol. The number of aromatic nitrogens is 1. The third-order valence-corrected chi connectivity index (χ3v) is 5.78. The molecule has 1 fully saturated rings. The molecule has 1 atom stereocenters. The molecule has 1 N–H and O–H groups in total. The summed E-state index contributed by atoms with van der Waals surface area (Å²) in [4.78, 5) is 6.88. The number of rotatable bonds is 6. The van der Waals surface area contributed by atoms with Crippen LogP contribution in [0.15, 0.2) is 36.5 Å². The first-order valence-electron chi connectivity index (χ1n) is 10.3. The SMILES string of the molecule is COc1ccc(C2CN(c3ncc(C#N)c4cc(OC)c(OC)cc34)CCN2)c(OC)c1. The second-order valence-corrected chi connectivity index (χ2v) is 7.42. The van der Waals surface area contributed by atoms with E-state index in [2.05, 4.69) is 21.3 Å². The smallest absolute Gasteiger partial charge is 0.161 e. The van der Waals surface area contributed by atoms with Crippen molar-refractivity contribution in [2.75, 3.05) is 53.0 Å². The highest BCUT2D eigenvalue weighted by molar-refractivity contribution is 5.98. The Bertz CT molecular complexity index is 1170. The Labute approximate surface area is 187 Å². The standard InChI is InChI=1S/C24H26N4O4/c1-29-16-5-6-17(21(9-16)30-2)20-14-28(8-7-26-20)24-19-11-23(32-4)22(31-3)10-18(19)15(12-25)13-27-24/h5-6,9-11,13,20,26H,7-8,14H2,1-4H3. The molecule has 3 aromatic rings. The van der Waals surface area contributed by atoms with Crippen molar-refractivity contribution in [3.05, 3.63) is 47.7 Å². The van der Waals surface area contributed by atoms with Crippen molar-refractivity contribution < 1.29 is 18.9 Å². The molecule has 32 heavy (non-hydrogen) atoms. The molecule has 8 nitrogen and oxygen atoms in total. The van der Waals surface area contributed by atoms with E-state index in [4.69, 9.17) is 18.9 Å². The molecule has 1 aliphatic rings. The van der Waals surface area contributed by atoms with E-state index in [1.807, 2.05) is 30.3 Å². The van der Waals surface area contributed by atoms with Crippen LogP contribution in [0.2, 0.25) is 0 Å². The van der Waals surface area contributed by atoms with Crippen LogP contribution in [-0.2, 0) is 0 Å². The van der Waals surface area contributed by atoms with Crippen LogP contribution in [0.4, 0.5) is 5.82 Å². The van der Waals surface area contributed by atoms with Crippen LogP contribution in [0.5, 0.6) is 23.0 Å². The summed E-state index contributed by atoms with van der Waals surface area (Å²) in [7, 11) is 6.48. The predicted octanol–water partition coefficient (Wildman–Crippen LogP) is 3.29. The Morgan fingerprint density at radius 1 is 0.969 bits per heavy atom. The molecule has 0 radical (unpaired) electrons. The fourth-order valence-corrected chi connectivity index (χ4v) is 4.15. The maximum atomic E-state index is 9.61. The largest absolute Gasteiger partial charge is 0.497 e. The lowest BCUT2D eigenvalue weighted by molar-refractivity contribution is 0.356. The van der Waals surface area contributed by atoms with Crippen LogP contribution in [0.1, 0.15) is 17.2 Å². The summed E-state index contributed by atoms with van der Waals surface area (Å²) in [6.45, 7) is 2.23. The summed E-state index contributed by atoms with van der Waals surface area (Å²) >= 11 is 0. The minimum Gasteiger partial charge on any atom is -0.497 e. The molecule has 0 spiro atoms. The maximum absolute atomic E-state index is 9.61. The highest BCUT2D eigenvalue weighted by Crippen LogP contribution is 2.38. The van der Waals surface area contributed by atoms with Crippen LogP contribution in [0.3, 0.4) is 0 Å². The monoisotopic (exact) mass is 434 g/mol. The van der Waals surface area contributed by atoms with Crippen LogP contribution in [-0.4, -0.2) is 53.1 Å². The van der Waals surface area contributed by atoms with Crippen LogP contribution >= 0.6 is 0 Å². The van der Waals surface area contributed by atoms with Crippen LogP contribution in [0, 0.1) is 11.3 Å². The van der Waals surface area contributed by atoms with Crippen molar-refractivity contribution >= 4 is 16.6 Å². The number of pyridine rings is 1. The van der Waals surface area contributed by atoms with E-state index < -0.39 is 0 Å². The summed E-state index contributed by atoms with van der Waals surface area (Å²) < 4.78 is 21.9. The summed E-state index contributed by atoms with van der Waals surface area (Å²) in [5.74, 6) is 3.50. The Kier molecular flexibility index (Phi) is 6.19. The number of hydrogen-bond acceptors (Lipinski definition) is 8. The number of methoxy groups -OCH3 is 4. The van der Waals surface area contributed by atoms with Gasteiger partial charge in [0.15, 0.2) is 11.5 Å². The van der Waals surface area contributed by atoms with Gasteiger partial charge in [0, 0.05) is 48.2 Å². The number of nitrogens with zero attached hydrogens (tertiary/aromatic N) is 3. The molecule has 0 saturated carbocycles. The Balaban J connectivity index is 1.75. The first-order valence-corrected chi connectivity index (χ1v) is 10.3. The average Bonchev–Trinajstić information content (AvgIpc) is 2.86. The molecule has 1 unspecified atom stereocenters. The molecule has 1 aliphatic heterocycles. The van der Waals surface area contributed by atoms with Crippen LogP contribution in [0.25, 0.3) is 10.8 Å². The van der Waals surface area contributed by atoms with E-state index in [0.29, 0.717) is 23.6 Å². The number of benzene rings is 2. The lowest BCUT2D eigenvalue weighted by atomic mass is 10.0.